The molecule has 484 valence electrons. The zero-order chi connectivity index (χ0) is 64.7. The van der Waals surface area contributed by atoms with Crippen LogP contribution < -0.4 is 21.7 Å². The summed E-state index contributed by atoms with van der Waals surface area (Å²) < 4.78 is 5.90. The van der Waals surface area contributed by atoms with Crippen molar-refractivity contribution >= 4 is 88.0 Å². The van der Waals surface area contributed by atoms with Crippen LogP contribution in [0.15, 0.2) is 29.6 Å². The van der Waals surface area contributed by atoms with Gasteiger partial charge < -0.3 is 36.4 Å². The van der Waals surface area contributed by atoms with Crippen molar-refractivity contribution in [3.8, 4) is 0 Å². The van der Waals surface area contributed by atoms with Crippen molar-refractivity contribution < 1.29 is 62.6 Å². The number of thiazole rings is 1. The van der Waals surface area contributed by atoms with Crippen molar-refractivity contribution in [1.82, 2.24) is 35.6 Å². The van der Waals surface area contributed by atoms with Crippen molar-refractivity contribution in [2.75, 3.05) is 40.5 Å². The lowest BCUT2D eigenvalue weighted by atomic mass is 9.83. The van der Waals surface area contributed by atoms with Gasteiger partial charge in [-0.3, -0.25) is 57.7 Å². The van der Waals surface area contributed by atoms with Gasteiger partial charge in [0.2, 0.25) is 29.5 Å². The Balaban J connectivity index is 1.45. The van der Waals surface area contributed by atoms with Crippen LogP contribution in [0.2, 0.25) is 0 Å². The first-order valence-electron chi connectivity index (χ1n) is 31.1. The molecule has 1 unspecified atom stereocenters. The number of alkyl carbamates (subject to hydrolysis) is 1. The Hall–Kier alpha value is -6.07. The highest BCUT2D eigenvalue weighted by Crippen LogP contribution is 2.34. The molecule has 0 radical (unpaired) electrons. The van der Waals surface area contributed by atoms with Gasteiger partial charge in [0, 0.05) is 94.9 Å². The van der Waals surface area contributed by atoms with Gasteiger partial charge in [0.15, 0.2) is 17.7 Å². The fraction of sp³-hybridized carbons (Fsp3) is 0.688. The van der Waals surface area contributed by atoms with Crippen molar-refractivity contribution in [2.24, 2.45) is 41.2 Å². The molecule has 2 aliphatic heterocycles. The van der Waals surface area contributed by atoms with Crippen LogP contribution in [0, 0.1) is 35.5 Å². The molecule has 0 bridgehead atoms. The van der Waals surface area contributed by atoms with Crippen LogP contribution in [0.25, 0.3) is 0 Å². The Morgan fingerprint density at radius 1 is 0.874 bits per heavy atom. The number of ether oxygens (including phenoxy) is 1. The Bertz CT molecular complexity index is 2670. The van der Waals surface area contributed by atoms with E-state index < -0.39 is 71.8 Å². The fourth-order valence-corrected chi connectivity index (χ4v) is 13.0. The molecule has 2 aromatic rings. The Kier molecular flexibility index (Phi) is 30.7. The van der Waals surface area contributed by atoms with Crippen LogP contribution in [-0.4, -0.2) is 160 Å². The summed E-state index contributed by atoms with van der Waals surface area (Å²) in [5.74, 6) is -5.94. The van der Waals surface area contributed by atoms with Gasteiger partial charge in [-0.1, -0.05) is 98.4 Å². The molecule has 3 heterocycles. The van der Waals surface area contributed by atoms with E-state index in [0.717, 1.165) is 42.7 Å². The summed E-state index contributed by atoms with van der Waals surface area (Å²) in [6.07, 6.45) is 7.32. The average molecular weight is 1250 g/mol. The summed E-state index contributed by atoms with van der Waals surface area (Å²) in [6, 6.07) is 4.77. The van der Waals surface area contributed by atoms with Crippen LogP contribution in [0.3, 0.4) is 0 Å². The number of unbranched alkanes of at least 4 members (excludes halogenated alkanes) is 3. The second kappa shape index (κ2) is 36.4. The number of primary amides is 1. The van der Waals surface area contributed by atoms with Crippen molar-refractivity contribution in [1.29, 1.82) is 0 Å². The molecule has 23 heteroatoms. The number of likely N-dealkylation sites (tertiary alicyclic amines) is 2. The number of aliphatic carboxylic acids is 1. The quantitative estimate of drug-likeness (QED) is 0.0314. The van der Waals surface area contributed by atoms with Gasteiger partial charge in [-0.05, 0) is 100 Å². The standard InChI is InChI=1S/C64H98N8O13S2/c1-12-40(6)47(34-53(75)50-22-17-19-28-70(50)9)61(80)71(10)51(39(4)5)35-54(85-64(84)66-8)60-69-49(37-87-60)59(79)67-44(30-41(7)63(82)83)31-42-24-26-43(27-25-42)32-52(74)48(21-15-16-23-56(65)76)68-58(78)46(38(2)3)33-45(73)20-14-13-18-29-72-57(77)36-55(86-11)62(72)81/h24-27,37-41,44,46-48,50-51,54-55H,12-23,28-36H2,1-11H3,(H2,65,76)(H,66,84)(H,67,79)(H,68,78)(H,82,83)/t40-,41-,44+,46-,47-,48-,50+,51+,54+,55?/m0/s1. The monoisotopic (exact) mass is 1250 g/mol. The van der Waals surface area contributed by atoms with Crippen LogP contribution >= 0.6 is 23.1 Å². The number of carboxylic acids is 1. The second-order valence-electron chi connectivity index (χ2n) is 24.7. The number of carbonyl (C=O) groups excluding carboxylic acids is 10. The first kappa shape index (κ1) is 73.4. The van der Waals surface area contributed by atoms with Crippen molar-refractivity contribution in [3.05, 3.63) is 51.5 Å². The fourth-order valence-electron chi connectivity index (χ4n) is 11.5. The molecule has 21 nitrogen and oxygen atoms in total. The molecule has 10 atom stereocenters. The maximum absolute atomic E-state index is 14.5. The van der Waals surface area contributed by atoms with Crippen LogP contribution in [0.5, 0.6) is 0 Å². The number of thioether (sulfide) groups is 1. The van der Waals surface area contributed by atoms with E-state index in [2.05, 4.69) is 25.8 Å². The molecular weight excluding hydrogens is 1150 g/mol. The molecule has 87 heavy (non-hydrogen) atoms. The molecule has 4 rings (SSSR count). The zero-order valence-electron chi connectivity index (χ0n) is 53.2. The number of Topliss-reactive ketones (excluding diaryl/α,β-unsaturated/α-hetero) is 3. The van der Waals surface area contributed by atoms with Crippen LogP contribution in [-0.2, 0) is 60.7 Å². The third-order valence-corrected chi connectivity index (χ3v) is 19.2. The van der Waals surface area contributed by atoms with Gasteiger partial charge in [0.25, 0.3) is 5.91 Å². The molecule has 2 saturated heterocycles. The topological polar surface area (TPSA) is 302 Å². The summed E-state index contributed by atoms with van der Waals surface area (Å²) in [7, 11) is 5.10. The van der Waals surface area contributed by atoms with Gasteiger partial charge >= 0.3 is 12.1 Å². The first-order valence-corrected chi connectivity index (χ1v) is 33.3. The SMILES string of the molecule is CC[C@H](C)[C@H](CC(=O)[C@H]1CCCCN1C)C(=O)N(C)[C@H](C[C@@H](OC(=O)NC)c1nc(C(=O)N[C@@H](Cc2ccc(CC(=O)[C@H](CCCCC(N)=O)NC(=O)[C@@H](CC(=O)CCCCCN3C(=O)CC(SC)C3=O)C(C)C)cc2)C[C@H](C)C(=O)O)cs1)C(C)C. The molecule has 2 aliphatic rings. The number of rotatable bonds is 39. The number of nitrogens with two attached hydrogens (primary N) is 1. The lowest BCUT2D eigenvalue weighted by molar-refractivity contribution is -0.143. The molecule has 0 spiro atoms. The number of piperidine rings is 1. The summed E-state index contributed by atoms with van der Waals surface area (Å²) in [4.78, 5) is 155. The second-order valence-corrected chi connectivity index (χ2v) is 26.6. The van der Waals surface area contributed by atoms with E-state index in [0.29, 0.717) is 55.6 Å². The number of carbonyl (C=O) groups is 11. The van der Waals surface area contributed by atoms with Gasteiger partial charge in [0.1, 0.15) is 16.5 Å². The number of hydrogen-bond acceptors (Lipinski definition) is 16. The van der Waals surface area contributed by atoms with Crippen molar-refractivity contribution in [2.45, 2.75) is 206 Å². The number of aromatic nitrogens is 1. The third kappa shape index (κ3) is 23.1. The van der Waals surface area contributed by atoms with E-state index in [-0.39, 0.29) is 134 Å². The number of likely N-dealkylation sites (N-methyl/N-ethyl adjacent to an activating group) is 1. The first-order chi connectivity index (χ1) is 41.2. The van der Waals surface area contributed by atoms with Crippen molar-refractivity contribution in [3.63, 3.8) is 0 Å². The molecule has 0 saturated carbocycles. The minimum Gasteiger partial charge on any atom is -0.481 e. The molecule has 0 aliphatic carbocycles. The predicted octanol–water partition coefficient (Wildman–Crippen LogP) is 7.90. The molecule has 6 N–H and O–H groups in total. The Morgan fingerprint density at radius 2 is 1.55 bits per heavy atom. The number of nitrogens with one attached hydrogen (secondary N) is 3. The third-order valence-electron chi connectivity index (χ3n) is 17.3. The Labute approximate surface area is 522 Å². The minimum absolute atomic E-state index is 0.0163. The number of ketones is 3. The van der Waals surface area contributed by atoms with Gasteiger partial charge in [-0.25, -0.2) is 9.78 Å². The minimum atomic E-state index is -1.05. The highest BCUT2D eigenvalue weighted by atomic mass is 32.2. The number of imide groups is 1. The van der Waals surface area contributed by atoms with E-state index in [9.17, 15) is 57.8 Å². The van der Waals surface area contributed by atoms with Crippen LogP contribution in [0.4, 0.5) is 4.79 Å². The normalized spacial score (nSPS) is 18.2. The molecule has 1 aromatic heterocycles. The molecule has 7 amide bonds. The summed E-state index contributed by atoms with van der Waals surface area (Å²) >= 11 is 2.47. The predicted molar refractivity (Wildman–Crippen MR) is 335 cm³/mol. The lowest BCUT2D eigenvalue weighted by Crippen LogP contribution is -2.48. The van der Waals surface area contributed by atoms with E-state index in [1.54, 1.807) is 49.4 Å². The van der Waals surface area contributed by atoms with E-state index in [1.165, 1.54) is 29.1 Å². The van der Waals surface area contributed by atoms with Gasteiger partial charge in [-0.15, -0.1) is 11.3 Å². The lowest BCUT2D eigenvalue weighted by Gasteiger charge is -2.37. The smallest absolute Gasteiger partial charge is 0.407 e. The number of benzene rings is 1. The number of carboxylic acid groups (broad SMARTS) is 1. The van der Waals surface area contributed by atoms with E-state index in [1.807, 2.05) is 48.6 Å². The average Bonchev–Trinajstić information content (AvgIpc) is 2.94. The number of amides is 7. The van der Waals surface area contributed by atoms with E-state index in [4.69, 9.17) is 10.5 Å². The van der Waals surface area contributed by atoms with E-state index >= 15 is 0 Å². The van der Waals surface area contributed by atoms with Gasteiger partial charge in [-0.2, -0.15) is 11.8 Å². The largest absolute Gasteiger partial charge is 0.481 e. The molecule has 2 fully saturated rings. The summed E-state index contributed by atoms with van der Waals surface area (Å²) in [5.41, 5.74) is 6.76. The Morgan fingerprint density at radius 3 is 2.15 bits per heavy atom. The van der Waals surface area contributed by atoms with Gasteiger partial charge in [0.05, 0.1) is 23.3 Å². The summed E-state index contributed by atoms with van der Waals surface area (Å²) in [6.45, 7) is 14.3. The number of hydrogen-bond donors (Lipinski definition) is 5. The van der Waals surface area contributed by atoms with Crippen LogP contribution in [0.1, 0.15) is 190 Å². The maximum atomic E-state index is 14.5. The maximum Gasteiger partial charge on any atom is 0.407 e. The highest BCUT2D eigenvalue weighted by Gasteiger charge is 2.40. The molecular formula is C64H98N8O13S2. The zero-order valence-corrected chi connectivity index (χ0v) is 54.8. The molecule has 1 aromatic carbocycles. The summed E-state index contributed by atoms with van der Waals surface area (Å²) in [5, 5.41) is 19.8. The number of nitrogens with zero attached hydrogens (tertiary/aromatic N) is 4. The highest BCUT2D eigenvalue weighted by molar-refractivity contribution is 8.00.